The van der Waals surface area contributed by atoms with Crippen LogP contribution in [0.15, 0.2) is 30.5 Å². The van der Waals surface area contributed by atoms with Gasteiger partial charge < -0.3 is 9.88 Å². The molecule has 0 saturated heterocycles. The van der Waals surface area contributed by atoms with E-state index in [4.69, 9.17) is 0 Å². The Morgan fingerprint density at radius 3 is 2.90 bits per heavy atom. The summed E-state index contributed by atoms with van der Waals surface area (Å²) in [5.41, 5.74) is 2.83. The Morgan fingerprint density at radius 1 is 1.30 bits per heavy atom. The van der Waals surface area contributed by atoms with Crippen LogP contribution in [0.5, 0.6) is 0 Å². The molecule has 1 aromatic heterocycles. The average Bonchev–Trinajstić information content (AvgIpc) is 3.18. The Bertz CT molecular complexity index is 566. The lowest BCUT2D eigenvalue weighted by molar-refractivity contribution is 0.453. The van der Waals surface area contributed by atoms with Crippen molar-refractivity contribution in [3.05, 3.63) is 36.0 Å². The third-order valence-corrected chi connectivity index (χ3v) is 4.35. The second-order valence-corrected chi connectivity index (χ2v) is 6.37. The molecule has 0 radical (unpaired) electrons. The quantitative estimate of drug-likeness (QED) is 0.792. The zero-order valence-electron chi connectivity index (χ0n) is 12.7. The van der Waals surface area contributed by atoms with Crippen molar-refractivity contribution in [2.24, 2.45) is 5.92 Å². The summed E-state index contributed by atoms with van der Waals surface area (Å²) in [7, 11) is 0. The number of aromatic nitrogens is 1. The van der Waals surface area contributed by atoms with Crippen LogP contribution in [0.3, 0.4) is 0 Å². The van der Waals surface area contributed by atoms with Crippen LogP contribution in [-0.4, -0.2) is 10.6 Å². The lowest BCUT2D eigenvalue weighted by Gasteiger charge is -2.13. The molecule has 0 bridgehead atoms. The first-order valence-corrected chi connectivity index (χ1v) is 8.08. The Labute approximate surface area is 122 Å². The topological polar surface area (TPSA) is 17.0 Å². The van der Waals surface area contributed by atoms with Crippen LogP contribution < -0.4 is 5.32 Å². The molecule has 0 spiro atoms. The molecule has 1 N–H and O–H groups in total. The highest BCUT2D eigenvalue weighted by atomic mass is 15.0. The van der Waals surface area contributed by atoms with Gasteiger partial charge in [-0.15, -0.1) is 0 Å². The van der Waals surface area contributed by atoms with Crippen LogP contribution in [0.25, 0.3) is 10.9 Å². The maximum atomic E-state index is 3.63. The van der Waals surface area contributed by atoms with Gasteiger partial charge in [-0.05, 0) is 42.9 Å². The van der Waals surface area contributed by atoms with Gasteiger partial charge in [-0.25, -0.2) is 0 Å². The van der Waals surface area contributed by atoms with Crippen molar-refractivity contribution in [2.45, 2.75) is 58.7 Å². The second kappa shape index (κ2) is 6.01. The van der Waals surface area contributed by atoms with Crippen molar-refractivity contribution in [2.75, 3.05) is 0 Å². The van der Waals surface area contributed by atoms with Gasteiger partial charge in [0, 0.05) is 36.2 Å². The van der Waals surface area contributed by atoms with Crippen LogP contribution in [0, 0.1) is 5.92 Å². The largest absolute Gasteiger partial charge is 0.347 e. The molecule has 1 fully saturated rings. The standard InChI is InChI=1S/C18H26N2/c1-3-5-14(2)13-20-11-10-17-15(6-4-7-18(17)20)12-19-16-8-9-16/h4,6-7,10-11,14,16,19H,3,5,8-9,12-13H2,1-2H3. The molecule has 3 rings (SSSR count). The van der Waals surface area contributed by atoms with Crippen molar-refractivity contribution >= 4 is 10.9 Å². The van der Waals surface area contributed by atoms with Crippen LogP contribution in [-0.2, 0) is 13.1 Å². The zero-order valence-corrected chi connectivity index (χ0v) is 12.7. The molecule has 1 aliphatic carbocycles. The number of fused-ring (bicyclic) bond motifs is 1. The molecular formula is C18H26N2. The summed E-state index contributed by atoms with van der Waals surface area (Å²) < 4.78 is 2.43. The van der Waals surface area contributed by atoms with Crippen molar-refractivity contribution in [1.82, 2.24) is 9.88 Å². The van der Waals surface area contributed by atoms with Crippen LogP contribution >= 0.6 is 0 Å². The monoisotopic (exact) mass is 270 g/mol. The molecule has 2 nitrogen and oxygen atoms in total. The fourth-order valence-electron chi connectivity index (χ4n) is 3.06. The van der Waals surface area contributed by atoms with Crippen LogP contribution in [0.2, 0.25) is 0 Å². The molecule has 1 atom stereocenters. The summed E-state index contributed by atoms with van der Waals surface area (Å²) in [6.45, 7) is 6.77. The summed E-state index contributed by atoms with van der Waals surface area (Å²) in [4.78, 5) is 0. The van der Waals surface area contributed by atoms with E-state index in [2.05, 4.69) is 54.2 Å². The minimum Gasteiger partial charge on any atom is -0.347 e. The molecule has 1 saturated carbocycles. The molecular weight excluding hydrogens is 244 g/mol. The normalized spacial score (nSPS) is 16.7. The molecule has 108 valence electrons. The number of hydrogen-bond donors (Lipinski definition) is 1. The van der Waals surface area contributed by atoms with E-state index >= 15 is 0 Å². The number of hydrogen-bond acceptors (Lipinski definition) is 1. The van der Waals surface area contributed by atoms with E-state index in [0.717, 1.165) is 25.0 Å². The molecule has 2 heteroatoms. The van der Waals surface area contributed by atoms with Crippen LogP contribution in [0.1, 0.15) is 45.1 Å². The van der Waals surface area contributed by atoms with Gasteiger partial charge in [0.1, 0.15) is 0 Å². The van der Waals surface area contributed by atoms with E-state index in [-0.39, 0.29) is 0 Å². The van der Waals surface area contributed by atoms with Gasteiger partial charge in [0.05, 0.1) is 0 Å². The van der Waals surface area contributed by atoms with Gasteiger partial charge in [0.15, 0.2) is 0 Å². The van der Waals surface area contributed by atoms with Crippen LogP contribution in [0.4, 0.5) is 0 Å². The van der Waals surface area contributed by atoms with E-state index in [9.17, 15) is 0 Å². The lowest BCUT2D eigenvalue weighted by Crippen LogP contribution is -2.15. The first-order chi connectivity index (χ1) is 9.78. The summed E-state index contributed by atoms with van der Waals surface area (Å²) >= 11 is 0. The van der Waals surface area contributed by atoms with Gasteiger partial charge in [0.2, 0.25) is 0 Å². The number of rotatable bonds is 7. The summed E-state index contributed by atoms with van der Waals surface area (Å²) in [6.07, 6.45) is 7.55. The Kier molecular flexibility index (Phi) is 4.11. The number of nitrogens with zero attached hydrogens (tertiary/aromatic N) is 1. The summed E-state index contributed by atoms with van der Waals surface area (Å²) in [5.74, 6) is 0.754. The number of nitrogens with one attached hydrogen (secondary N) is 1. The Balaban J connectivity index is 1.78. The van der Waals surface area contributed by atoms with E-state index in [1.54, 1.807) is 0 Å². The predicted molar refractivity (Wildman–Crippen MR) is 85.9 cm³/mol. The lowest BCUT2D eigenvalue weighted by atomic mass is 10.1. The molecule has 1 heterocycles. The van der Waals surface area contributed by atoms with E-state index < -0.39 is 0 Å². The molecule has 1 aliphatic rings. The highest BCUT2D eigenvalue weighted by Crippen LogP contribution is 2.24. The maximum Gasteiger partial charge on any atom is 0.0483 e. The minimum atomic E-state index is 0.754. The van der Waals surface area contributed by atoms with Gasteiger partial charge in [0.25, 0.3) is 0 Å². The highest BCUT2D eigenvalue weighted by Gasteiger charge is 2.20. The van der Waals surface area contributed by atoms with Crippen molar-refractivity contribution in [3.63, 3.8) is 0 Å². The summed E-state index contributed by atoms with van der Waals surface area (Å²) in [5, 5.41) is 5.05. The zero-order chi connectivity index (χ0) is 13.9. The molecule has 20 heavy (non-hydrogen) atoms. The van der Waals surface area contributed by atoms with Gasteiger partial charge in [-0.2, -0.15) is 0 Å². The van der Waals surface area contributed by atoms with Crippen molar-refractivity contribution in [1.29, 1.82) is 0 Å². The molecule has 1 unspecified atom stereocenters. The smallest absolute Gasteiger partial charge is 0.0483 e. The number of benzene rings is 1. The predicted octanol–water partition coefficient (Wildman–Crippen LogP) is 4.33. The molecule has 0 aliphatic heterocycles. The van der Waals surface area contributed by atoms with Crippen molar-refractivity contribution in [3.8, 4) is 0 Å². The molecule has 2 aromatic rings. The van der Waals surface area contributed by atoms with Gasteiger partial charge >= 0.3 is 0 Å². The third kappa shape index (κ3) is 3.06. The minimum absolute atomic E-state index is 0.754. The van der Waals surface area contributed by atoms with Gasteiger partial charge in [-0.3, -0.25) is 0 Å². The maximum absolute atomic E-state index is 3.63. The SMILES string of the molecule is CCCC(C)Cn1ccc2c(CNC3CC3)cccc21. The highest BCUT2D eigenvalue weighted by molar-refractivity contribution is 5.83. The van der Waals surface area contributed by atoms with Gasteiger partial charge in [-0.1, -0.05) is 32.4 Å². The van der Waals surface area contributed by atoms with E-state index in [1.807, 2.05) is 0 Å². The van der Waals surface area contributed by atoms with Crippen molar-refractivity contribution < 1.29 is 0 Å². The Morgan fingerprint density at radius 2 is 2.15 bits per heavy atom. The third-order valence-electron chi connectivity index (χ3n) is 4.35. The average molecular weight is 270 g/mol. The fraction of sp³-hybridized carbons (Fsp3) is 0.556. The summed E-state index contributed by atoms with van der Waals surface area (Å²) in [6, 6.07) is 9.79. The molecule has 1 aromatic carbocycles. The Hall–Kier alpha value is -1.28. The van der Waals surface area contributed by atoms with E-state index in [0.29, 0.717) is 0 Å². The first kappa shape index (κ1) is 13.7. The van der Waals surface area contributed by atoms with E-state index in [1.165, 1.54) is 42.1 Å². The first-order valence-electron chi connectivity index (χ1n) is 8.08. The molecule has 0 amide bonds. The fourth-order valence-corrected chi connectivity index (χ4v) is 3.06. The second-order valence-electron chi connectivity index (χ2n) is 6.37.